The average molecular weight is 260 g/mol. The molecule has 1 heterocycles. The number of amides is 1. The minimum atomic E-state index is 0.0922. The fourth-order valence-electron chi connectivity index (χ4n) is 2.78. The van der Waals surface area contributed by atoms with Gasteiger partial charge in [0, 0.05) is 12.2 Å². The number of anilines is 1. The lowest BCUT2D eigenvalue weighted by atomic mass is 9.96. The van der Waals surface area contributed by atoms with Crippen LogP contribution in [0.3, 0.4) is 0 Å². The Balaban J connectivity index is 2.20. The lowest BCUT2D eigenvalue weighted by Crippen LogP contribution is -2.28. The predicted octanol–water partition coefficient (Wildman–Crippen LogP) is 2.61. The third-order valence-corrected chi connectivity index (χ3v) is 4.10. The molecule has 0 radical (unpaired) electrons. The molecule has 1 saturated heterocycles. The minimum absolute atomic E-state index is 0.0922. The molecular weight excluding hydrogens is 236 g/mol. The van der Waals surface area contributed by atoms with Crippen molar-refractivity contribution in [1.82, 2.24) is 5.32 Å². The fourth-order valence-corrected chi connectivity index (χ4v) is 2.78. The van der Waals surface area contributed by atoms with Crippen molar-refractivity contribution in [3.05, 3.63) is 29.3 Å². The summed E-state index contributed by atoms with van der Waals surface area (Å²) in [5.74, 6) is 0.668. The Morgan fingerprint density at radius 3 is 2.37 bits per heavy atom. The first-order valence-corrected chi connectivity index (χ1v) is 7.29. The number of nitrogens with one attached hydrogen (secondary N) is 2. The monoisotopic (exact) mass is 260 g/mol. The van der Waals surface area contributed by atoms with Gasteiger partial charge in [-0.2, -0.15) is 0 Å². The summed E-state index contributed by atoms with van der Waals surface area (Å²) in [4.78, 5) is 12.4. The highest BCUT2D eigenvalue weighted by molar-refractivity contribution is 5.94. The van der Waals surface area contributed by atoms with Gasteiger partial charge in [-0.1, -0.05) is 39.0 Å². The Bertz CT molecular complexity index is 434. The molecule has 19 heavy (non-hydrogen) atoms. The Morgan fingerprint density at radius 2 is 1.89 bits per heavy atom. The average Bonchev–Trinajstić information content (AvgIpc) is 2.85. The zero-order valence-electron chi connectivity index (χ0n) is 12.1. The van der Waals surface area contributed by atoms with Crippen LogP contribution in [0, 0.1) is 11.8 Å². The van der Waals surface area contributed by atoms with Gasteiger partial charge in [0.05, 0.1) is 5.92 Å². The van der Waals surface area contributed by atoms with Crippen LogP contribution in [-0.2, 0) is 17.6 Å². The molecule has 1 aliphatic rings. The first-order chi connectivity index (χ1) is 9.17. The molecule has 0 spiro atoms. The maximum absolute atomic E-state index is 12.4. The van der Waals surface area contributed by atoms with Gasteiger partial charge in [0.1, 0.15) is 0 Å². The van der Waals surface area contributed by atoms with E-state index in [-0.39, 0.29) is 11.8 Å². The van der Waals surface area contributed by atoms with Crippen LogP contribution in [0.5, 0.6) is 0 Å². The number of carbonyl (C=O) groups is 1. The van der Waals surface area contributed by atoms with Crippen LogP contribution < -0.4 is 10.6 Å². The smallest absolute Gasteiger partial charge is 0.229 e. The molecule has 1 fully saturated rings. The SMILES string of the molecule is CCc1cccc(CC)c1NC(=O)[C@@H]1CNC[C@H]1C. The third kappa shape index (κ3) is 2.98. The van der Waals surface area contributed by atoms with E-state index in [0.29, 0.717) is 5.92 Å². The first kappa shape index (κ1) is 14.1. The van der Waals surface area contributed by atoms with E-state index < -0.39 is 0 Å². The molecule has 1 aromatic carbocycles. The van der Waals surface area contributed by atoms with Crippen molar-refractivity contribution >= 4 is 11.6 Å². The van der Waals surface area contributed by atoms with E-state index in [1.807, 2.05) is 0 Å². The summed E-state index contributed by atoms with van der Waals surface area (Å²) in [6, 6.07) is 6.28. The van der Waals surface area contributed by atoms with Gasteiger partial charge < -0.3 is 10.6 Å². The number of hydrogen-bond donors (Lipinski definition) is 2. The molecule has 0 saturated carbocycles. The summed E-state index contributed by atoms with van der Waals surface area (Å²) in [6.07, 6.45) is 1.89. The van der Waals surface area contributed by atoms with Crippen LogP contribution in [0.1, 0.15) is 31.9 Å². The number of para-hydroxylation sites is 1. The first-order valence-electron chi connectivity index (χ1n) is 7.29. The summed E-state index contributed by atoms with van der Waals surface area (Å²) in [5, 5.41) is 6.46. The van der Waals surface area contributed by atoms with Crippen molar-refractivity contribution in [3.8, 4) is 0 Å². The molecule has 1 aliphatic heterocycles. The molecule has 0 bridgehead atoms. The predicted molar refractivity (Wildman–Crippen MR) is 79.4 cm³/mol. The van der Waals surface area contributed by atoms with E-state index in [4.69, 9.17) is 0 Å². The summed E-state index contributed by atoms with van der Waals surface area (Å²) in [5.41, 5.74) is 3.49. The maximum Gasteiger partial charge on any atom is 0.229 e. The minimum Gasteiger partial charge on any atom is -0.325 e. The second-order valence-electron chi connectivity index (χ2n) is 5.39. The molecule has 104 valence electrons. The number of hydrogen-bond acceptors (Lipinski definition) is 2. The molecule has 2 N–H and O–H groups in total. The standard InChI is InChI=1S/C16H24N2O/c1-4-12-7-6-8-13(5-2)15(12)18-16(19)14-10-17-9-11(14)3/h6-8,11,14,17H,4-5,9-10H2,1-3H3,(H,18,19)/t11-,14-/m1/s1. The van der Waals surface area contributed by atoms with Crippen molar-refractivity contribution in [2.24, 2.45) is 11.8 Å². The second-order valence-corrected chi connectivity index (χ2v) is 5.39. The number of rotatable bonds is 4. The van der Waals surface area contributed by atoms with Crippen LogP contribution in [-0.4, -0.2) is 19.0 Å². The highest BCUT2D eigenvalue weighted by Gasteiger charge is 2.30. The van der Waals surface area contributed by atoms with Gasteiger partial charge in [0.15, 0.2) is 0 Å². The zero-order valence-corrected chi connectivity index (χ0v) is 12.1. The van der Waals surface area contributed by atoms with E-state index in [1.165, 1.54) is 11.1 Å². The molecule has 2 atom stereocenters. The van der Waals surface area contributed by atoms with Crippen LogP contribution in [0.2, 0.25) is 0 Å². The van der Waals surface area contributed by atoms with Crippen molar-refractivity contribution in [1.29, 1.82) is 0 Å². The molecular formula is C16H24N2O. The number of benzene rings is 1. The molecule has 0 aromatic heterocycles. The van der Waals surface area contributed by atoms with Crippen LogP contribution in [0.4, 0.5) is 5.69 Å². The molecule has 0 aliphatic carbocycles. The lowest BCUT2D eigenvalue weighted by Gasteiger charge is -2.18. The quantitative estimate of drug-likeness (QED) is 0.873. The molecule has 1 aromatic rings. The van der Waals surface area contributed by atoms with Crippen molar-refractivity contribution in [2.45, 2.75) is 33.6 Å². The lowest BCUT2D eigenvalue weighted by molar-refractivity contribution is -0.120. The van der Waals surface area contributed by atoms with Gasteiger partial charge in [0.2, 0.25) is 5.91 Å². The van der Waals surface area contributed by atoms with Gasteiger partial charge in [-0.05, 0) is 36.4 Å². The zero-order chi connectivity index (χ0) is 13.8. The fraction of sp³-hybridized carbons (Fsp3) is 0.562. The Morgan fingerprint density at radius 1 is 1.26 bits per heavy atom. The van der Waals surface area contributed by atoms with Gasteiger partial charge >= 0.3 is 0 Å². The Labute approximate surface area is 115 Å². The highest BCUT2D eigenvalue weighted by Crippen LogP contribution is 2.25. The highest BCUT2D eigenvalue weighted by atomic mass is 16.1. The topological polar surface area (TPSA) is 41.1 Å². The molecule has 1 amide bonds. The Kier molecular flexibility index (Phi) is 4.59. The second kappa shape index (κ2) is 6.20. The summed E-state index contributed by atoms with van der Waals surface area (Å²) in [6.45, 7) is 8.13. The molecule has 2 rings (SSSR count). The third-order valence-electron chi connectivity index (χ3n) is 4.10. The van der Waals surface area contributed by atoms with Gasteiger partial charge in [-0.3, -0.25) is 4.79 Å². The largest absolute Gasteiger partial charge is 0.325 e. The van der Waals surface area contributed by atoms with E-state index in [1.54, 1.807) is 0 Å². The molecule has 3 nitrogen and oxygen atoms in total. The Hall–Kier alpha value is -1.35. The normalized spacial score (nSPS) is 22.5. The number of carbonyl (C=O) groups excluding carboxylic acids is 1. The van der Waals surface area contributed by atoms with Crippen molar-refractivity contribution in [2.75, 3.05) is 18.4 Å². The van der Waals surface area contributed by atoms with Crippen LogP contribution in [0.15, 0.2) is 18.2 Å². The van der Waals surface area contributed by atoms with Gasteiger partial charge in [-0.25, -0.2) is 0 Å². The van der Waals surface area contributed by atoms with E-state index in [0.717, 1.165) is 31.6 Å². The maximum atomic E-state index is 12.4. The molecule has 3 heteroatoms. The van der Waals surface area contributed by atoms with E-state index in [9.17, 15) is 4.79 Å². The van der Waals surface area contributed by atoms with E-state index >= 15 is 0 Å². The summed E-state index contributed by atoms with van der Waals surface area (Å²) < 4.78 is 0. The summed E-state index contributed by atoms with van der Waals surface area (Å²) in [7, 11) is 0. The van der Waals surface area contributed by atoms with Crippen LogP contribution in [0.25, 0.3) is 0 Å². The van der Waals surface area contributed by atoms with Crippen molar-refractivity contribution < 1.29 is 4.79 Å². The van der Waals surface area contributed by atoms with Gasteiger partial charge in [-0.15, -0.1) is 0 Å². The van der Waals surface area contributed by atoms with Gasteiger partial charge in [0.25, 0.3) is 0 Å². The van der Waals surface area contributed by atoms with Crippen molar-refractivity contribution in [3.63, 3.8) is 0 Å². The number of aryl methyl sites for hydroxylation is 2. The van der Waals surface area contributed by atoms with E-state index in [2.05, 4.69) is 49.6 Å². The molecule has 0 unspecified atom stereocenters. The summed E-state index contributed by atoms with van der Waals surface area (Å²) >= 11 is 0. The van der Waals surface area contributed by atoms with Crippen LogP contribution >= 0.6 is 0 Å².